The van der Waals surface area contributed by atoms with Crippen molar-refractivity contribution >= 4 is 0 Å². The Bertz CT molecular complexity index is 495. The van der Waals surface area contributed by atoms with Crippen LogP contribution in [0.2, 0.25) is 0 Å². The fraction of sp³-hybridized carbons (Fsp3) is 0.286. The summed E-state index contributed by atoms with van der Waals surface area (Å²) in [5, 5.41) is 9.80. The van der Waals surface area contributed by atoms with Gasteiger partial charge in [-0.1, -0.05) is 6.07 Å². The van der Waals surface area contributed by atoms with Gasteiger partial charge in [0.25, 0.3) is 0 Å². The predicted octanol–water partition coefficient (Wildman–Crippen LogP) is 3.09. The topological polar surface area (TPSA) is 33.4 Å². The van der Waals surface area contributed by atoms with Crippen LogP contribution in [-0.2, 0) is 12.8 Å². The first-order chi connectivity index (χ1) is 8.65. The highest BCUT2D eigenvalue weighted by atomic mass is 19.2. The first kappa shape index (κ1) is 12.8. The van der Waals surface area contributed by atoms with Gasteiger partial charge in [-0.15, -0.1) is 0 Å². The number of benzene rings is 1. The van der Waals surface area contributed by atoms with Crippen molar-refractivity contribution < 1.29 is 18.3 Å². The van der Waals surface area contributed by atoms with E-state index >= 15 is 0 Å². The lowest BCUT2D eigenvalue weighted by atomic mass is 10.0. The molecule has 0 aliphatic carbocycles. The number of aryl methyl sites for hydroxylation is 1. The van der Waals surface area contributed by atoms with Crippen LogP contribution in [0.4, 0.5) is 8.78 Å². The van der Waals surface area contributed by atoms with Gasteiger partial charge in [0.05, 0.1) is 12.4 Å². The molecule has 0 aliphatic rings. The SMILES string of the molecule is OC(CCc1ccco1)Cc1ccc(F)c(F)c1. The van der Waals surface area contributed by atoms with Crippen LogP contribution < -0.4 is 0 Å². The number of furan rings is 1. The molecule has 1 aromatic carbocycles. The first-order valence-corrected chi connectivity index (χ1v) is 5.79. The molecule has 0 spiro atoms. The van der Waals surface area contributed by atoms with Crippen LogP contribution in [-0.4, -0.2) is 11.2 Å². The van der Waals surface area contributed by atoms with Crippen LogP contribution in [0.3, 0.4) is 0 Å². The second-order valence-corrected chi connectivity index (χ2v) is 4.22. The second kappa shape index (κ2) is 5.78. The number of halogens is 2. The van der Waals surface area contributed by atoms with E-state index in [2.05, 4.69) is 0 Å². The Morgan fingerprint density at radius 3 is 2.67 bits per heavy atom. The van der Waals surface area contributed by atoms with E-state index in [0.717, 1.165) is 17.9 Å². The molecule has 2 aromatic rings. The van der Waals surface area contributed by atoms with E-state index in [1.165, 1.54) is 6.07 Å². The minimum atomic E-state index is -0.884. The molecule has 2 nitrogen and oxygen atoms in total. The zero-order valence-electron chi connectivity index (χ0n) is 9.77. The van der Waals surface area contributed by atoms with E-state index in [4.69, 9.17) is 4.42 Å². The van der Waals surface area contributed by atoms with E-state index < -0.39 is 17.7 Å². The van der Waals surface area contributed by atoms with E-state index in [1.807, 2.05) is 6.07 Å². The third-order valence-electron chi connectivity index (χ3n) is 2.76. The Kier molecular flexibility index (Phi) is 4.10. The molecule has 18 heavy (non-hydrogen) atoms. The zero-order valence-corrected chi connectivity index (χ0v) is 9.77. The minimum Gasteiger partial charge on any atom is -0.469 e. The molecule has 0 bridgehead atoms. The van der Waals surface area contributed by atoms with Crippen LogP contribution in [0, 0.1) is 11.6 Å². The van der Waals surface area contributed by atoms with E-state index in [9.17, 15) is 13.9 Å². The number of aliphatic hydroxyl groups is 1. The summed E-state index contributed by atoms with van der Waals surface area (Å²) in [4.78, 5) is 0. The molecule has 0 amide bonds. The van der Waals surface area contributed by atoms with Gasteiger partial charge in [0.1, 0.15) is 5.76 Å². The van der Waals surface area contributed by atoms with Gasteiger partial charge in [0, 0.05) is 6.42 Å². The van der Waals surface area contributed by atoms with Crippen LogP contribution in [0.25, 0.3) is 0 Å². The maximum atomic E-state index is 13.0. The third kappa shape index (κ3) is 3.40. The summed E-state index contributed by atoms with van der Waals surface area (Å²) in [6.07, 6.45) is 2.43. The molecule has 1 aromatic heterocycles. The minimum absolute atomic E-state index is 0.303. The van der Waals surface area contributed by atoms with Crippen LogP contribution in [0.15, 0.2) is 41.0 Å². The summed E-state index contributed by atoms with van der Waals surface area (Å²) in [7, 11) is 0. The molecular formula is C14H14F2O2. The fourth-order valence-corrected chi connectivity index (χ4v) is 1.80. The fourth-order valence-electron chi connectivity index (χ4n) is 1.80. The van der Waals surface area contributed by atoms with Gasteiger partial charge in [-0.05, 0) is 42.7 Å². The molecule has 1 atom stereocenters. The highest BCUT2D eigenvalue weighted by Crippen LogP contribution is 2.13. The lowest BCUT2D eigenvalue weighted by Crippen LogP contribution is -2.11. The van der Waals surface area contributed by atoms with Crippen molar-refractivity contribution in [3.63, 3.8) is 0 Å². The summed E-state index contributed by atoms with van der Waals surface area (Å²) in [6, 6.07) is 7.30. The lowest BCUT2D eigenvalue weighted by Gasteiger charge is -2.09. The van der Waals surface area contributed by atoms with Gasteiger partial charge >= 0.3 is 0 Å². The Morgan fingerprint density at radius 2 is 2.00 bits per heavy atom. The van der Waals surface area contributed by atoms with Gasteiger partial charge in [-0.3, -0.25) is 0 Å². The molecule has 96 valence electrons. The Balaban J connectivity index is 1.86. The third-order valence-corrected chi connectivity index (χ3v) is 2.76. The largest absolute Gasteiger partial charge is 0.469 e. The van der Waals surface area contributed by atoms with Crippen LogP contribution in [0.5, 0.6) is 0 Å². The summed E-state index contributed by atoms with van der Waals surface area (Å²) >= 11 is 0. The monoisotopic (exact) mass is 252 g/mol. The molecular weight excluding hydrogens is 238 g/mol. The van der Waals surface area contributed by atoms with E-state index in [-0.39, 0.29) is 0 Å². The number of hydrogen-bond donors (Lipinski definition) is 1. The molecule has 1 N–H and O–H groups in total. The second-order valence-electron chi connectivity index (χ2n) is 4.22. The van der Waals surface area contributed by atoms with Crippen molar-refractivity contribution in [3.05, 3.63) is 59.6 Å². The summed E-state index contributed by atoms with van der Waals surface area (Å²) in [6.45, 7) is 0. The number of aliphatic hydroxyl groups excluding tert-OH is 1. The van der Waals surface area contributed by atoms with Crippen LogP contribution >= 0.6 is 0 Å². The molecule has 0 saturated heterocycles. The van der Waals surface area contributed by atoms with Crippen molar-refractivity contribution in [1.82, 2.24) is 0 Å². The lowest BCUT2D eigenvalue weighted by molar-refractivity contribution is 0.163. The van der Waals surface area contributed by atoms with Gasteiger partial charge < -0.3 is 9.52 Å². The predicted molar refractivity (Wildman–Crippen MR) is 63.1 cm³/mol. The Morgan fingerprint density at radius 1 is 1.17 bits per heavy atom. The molecule has 1 heterocycles. The van der Waals surface area contributed by atoms with Crippen molar-refractivity contribution in [3.8, 4) is 0 Å². The molecule has 0 saturated carbocycles. The average Bonchev–Trinajstić information content (AvgIpc) is 2.84. The average molecular weight is 252 g/mol. The number of rotatable bonds is 5. The van der Waals surface area contributed by atoms with Gasteiger partial charge in [0.15, 0.2) is 11.6 Å². The van der Waals surface area contributed by atoms with Gasteiger partial charge in [-0.2, -0.15) is 0 Å². The van der Waals surface area contributed by atoms with Crippen LogP contribution in [0.1, 0.15) is 17.7 Å². The normalized spacial score (nSPS) is 12.6. The summed E-state index contributed by atoms with van der Waals surface area (Å²) in [5.74, 6) is -0.950. The number of hydrogen-bond acceptors (Lipinski definition) is 2. The van der Waals surface area contributed by atoms with Gasteiger partial charge in [0.2, 0.25) is 0 Å². The highest BCUT2D eigenvalue weighted by Gasteiger charge is 2.09. The Hall–Kier alpha value is -1.68. The quantitative estimate of drug-likeness (QED) is 0.887. The molecule has 0 radical (unpaired) electrons. The van der Waals surface area contributed by atoms with Crippen molar-refractivity contribution in [1.29, 1.82) is 0 Å². The van der Waals surface area contributed by atoms with E-state index in [1.54, 1.807) is 12.3 Å². The molecule has 0 fully saturated rings. The van der Waals surface area contributed by atoms with Crippen molar-refractivity contribution in [2.45, 2.75) is 25.4 Å². The Labute approximate surface area is 104 Å². The molecule has 1 unspecified atom stereocenters. The smallest absolute Gasteiger partial charge is 0.159 e. The molecule has 2 rings (SSSR count). The summed E-state index contributed by atoms with van der Waals surface area (Å²) < 4.78 is 30.8. The maximum Gasteiger partial charge on any atom is 0.159 e. The van der Waals surface area contributed by atoms with Crippen molar-refractivity contribution in [2.75, 3.05) is 0 Å². The van der Waals surface area contributed by atoms with E-state index in [0.29, 0.717) is 24.8 Å². The standard InChI is InChI=1S/C14H14F2O2/c15-13-6-3-10(9-14(13)16)8-11(17)4-5-12-2-1-7-18-12/h1-3,6-7,9,11,17H,4-5,8H2. The summed E-state index contributed by atoms with van der Waals surface area (Å²) in [5.41, 5.74) is 0.584. The maximum absolute atomic E-state index is 13.0. The molecule has 0 aliphatic heterocycles. The molecule has 4 heteroatoms. The zero-order chi connectivity index (χ0) is 13.0. The first-order valence-electron chi connectivity index (χ1n) is 5.79. The van der Waals surface area contributed by atoms with Gasteiger partial charge in [-0.25, -0.2) is 8.78 Å². The highest BCUT2D eigenvalue weighted by molar-refractivity contribution is 5.18. The van der Waals surface area contributed by atoms with Crippen molar-refractivity contribution in [2.24, 2.45) is 0 Å².